The number of thiazole rings is 1. The number of likely N-dealkylation sites (N-methyl/N-ethyl adjacent to an activating group) is 1. The van der Waals surface area contributed by atoms with Crippen LogP contribution in [0.1, 0.15) is 17.3 Å². The second kappa shape index (κ2) is 11.0. The number of benzene rings is 2. The van der Waals surface area contributed by atoms with Crippen LogP contribution >= 0.6 is 11.3 Å². The smallest absolute Gasteiger partial charge is 0.293 e. The number of nitrogens with zero attached hydrogens (tertiary/aromatic N) is 5. The Bertz CT molecular complexity index is 1210. The lowest BCUT2D eigenvalue weighted by Crippen LogP contribution is -2.37. The molecule has 186 valence electrons. The maximum absolute atomic E-state index is 13.7. The van der Waals surface area contributed by atoms with Crippen molar-refractivity contribution in [3.8, 4) is 5.75 Å². The van der Waals surface area contributed by atoms with E-state index < -0.39 is 4.92 Å². The first kappa shape index (κ1) is 24.8. The number of nitro benzene ring substituents is 1. The molecule has 0 spiro atoms. The van der Waals surface area contributed by atoms with Crippen molar-refractivity contribution >= 4 is 44.0 Å². The fourth-order valence-corrected chi connectivity index (χ4v) is 4.90. The number of hydrogen-bond acceptors (Lipinski definition) is 9. The van der Waals surface area contributed by atoms with Gasteiger partial charge in [0.05, 0.1) is 35.0 Å². The van der Waals surface area contributed by atoms with Crippen molar-refractivity contribution in [1.82, 2.24) is 9.88 Å². The number of hydrogen-bond donors (Lipinski definition) is 0. The molecule has 2 aromatic carbocycles. The summed E-state index contributed by atoms with van der Waals surface area (Å²) in [5.74, 6) is 0.420. The van der Waals surface area contributed by atoms with Crippen LogP contribution in [0.25, 0.3) is 10.2 Å². The Morgan fingerprint density at radius 2 is 1.97 bits per heavy atom. The Morgan fingerprint density at radius 3 is 2.66 bits per heavy atom. The Kier molecular flexibility index (Phi) is 7.79. The minimum absolute atomic E-state index is 0.0871. The summed E-state index contributed by atoms with van der Waals surface area (Å²) in [5.41, 5.74) is 1.43. The lowest BCUT2D eigenvalue weighted by atomic mass is 10.1. The van der Waals surface area contributed by atoms with Crippen LogP contribution in [-0.4, -0.2) is 80.8 Å². The van der Waals surface area contributed by atoms with Crippen molar-refractivity contribution in [2.24, 2.45) is 0 Å². The van der Waals surface area contributed by atoms with Crippen LogP contribution in [0.15, 0.2) is 36.4 Å². The molecule has 10 nitrogen and oxygen atoms in total. The summed E-state index contributed by atoms with van der Waals surface area (Å²) >= 11 is 1.40. The van der Waals surface area contributed by atoms with Crippen LogP contribution in [-0.2, 0) is 4.74 Å². The first-order valence-electron chi connectivity index (χ1n) is 11.5. The summed E-state index contributed by atoms with van der Waals surface area (Å²) in [6.07, 6.45) is 0. The Hall–Kier alpha value is -3.28. The molecule has 0 saturated carbocycles. The monoisotopic (exact) mass is 499 g/mol. The molecule has 0 radical (unpaired) electrons. The van der Waals surface area contributed by atoms with Crippen molar-refractivity contribution in [2.75, 3.05) is 69.9 Å². The summed E-state index contributed by atoms with van der Waals surface area (Å²) in [4.78, 5) is 35.3. The van der Waals surface area contributed by atoms with Crippen molar-refractivity contribution in [2.45, 2.75) is 6.92 Å². The van der Waals surface area contributed by atoms with Gasteiger partial charge in [0.1, 0.15) is 11.4 Å². The minimum Gasteiger partial charge on any atom is -0.494 e. The van der Waals surface area contributed by atoms with Crippen molar-refractivity contribution in [3.05, 3.63) is 52.1 Å². The molecule has 3 aromatic rings. The number of morpholine rings is 1. The van der Waals surface area contributed by atoms with E-state index in [-0.39, 0.29) is 17.2 Å². The zero-order chi connectivity index (χ0) is 24.9. The average molecular weight is 500 g/mol. The molecule has 1 aliphatic heterocycles. The standard InChI is InChI=1S/C24H29N5O5S/c1-4-34-18-6-7-19-22(16-18)35-24(25-19)28(10-9-26(2)3)23(30)17-5-8-20(21(15-17)29(31)32)27-11-13-33-14-12-27/h5-8,15-16H,4,9-14H2,1-3H3. The van der Waals surface area contributed by atoms with Crippen LogP contribution in [0.3, 0.4) is 0 Å². The van der Waals surface area contributed by atoms with E-state index in [9.17, 15) is 14.9 Å². The highest BCUT2D eigenvalue weighted by molar-refractivity contribution is 7.22. The number of rotatable bonds is 9. The molecule has 2 heterocycles. The van der Waals surface area contributed by atoms with Gasteiger partial charge in [0.15, 0.2) is 5.13 Å². The molecule has 1 aromatic heterocycles. The van der Waals surface area contributed by atoms with E-state index in [4.69, 9.17) is 9.47 Å². The summed E-state index contributed by atoms with van der Waals surface area (Å²) in [7, 11) is 3.86. The van der Waals surface area contributed by atoms with E-state index in [1.807, 2.05) is 49.0 Å². The van der Waals surface area contributed by atoms with Gasteiger partial charge in [-0.1, -0.05) is 11.3 Å². The normalized spacial score (nSPS) is 13.9. The summed E-state index contributed by atoms with van der Waals surface area (Å²) in [6, 6.07) is 10.3. The molecular formula is C24H29N5O5S. The third kappa shape index (κ3) is 5.69. The molecule has 11 heteroatoms. The van der Waals surface area contributed by atoms with E-state index in [0.717, 1.165) is 16.0 Å². The number of ether oxygens (including phenoxy) is 2. The topological polar surface area (TPSA) is 101 Å². The van der Waals surface area contributed by atoms with Crippen LogP contribution in [0.2, 0.25) is 0 Å². The first-order valence-corrected chi connectivity index (χ1v) is 12.3. The van der Waals surface area contributed by atoms with E-state index in [2.05, 4.69) is 4.98 Å². The molecule has 35 heavy (non-hydrogen) atoms. The van der Waals surface area contributed by atoms with Gasteiger partial charge in [-0.05, 0) is 51.4 Å². The molecular weight excluding hydrogens is 470 g/mol. The predicted molar refractivity (Wildman–Crippen MR) is 137 cm³/mol. The second-order valence-electron chi connectivity index (χ2n) is 8.38. The van der Waals surface area contributed by atoms with Crippen molar-refractivity contribution < 1.29 is 19.2 Å². The highest BCUT2D eigenvalue weighted by Gasteiger charge is 2.27. The molecule has 0 bridgehead atoms. The van der Waals surface area contributed by atoms with Gasteiger partial charge in [0.25, 0.3) is 11.6 Å². The minimum atomic E-state index is -0.432. The SMILES string of the molecule is CCOc1ccc2nc(N(CCN(C)C)C(=O)c3ccc(N4CCOCC4)c([N+](=O)[O-])c3)sc2c1. The van der Waals surface area contributed by atoms with E-state index in [1.165, 1.54) is 17.4 Å². The van der Waals surface area contributed by atoms with Crippen LogP contribution in [0, 0.1) is 10.1 Å². The number of aromatic nitrogens is 1. The van der Waals surface area contributed by atoms with Crippen LogP contribution in [0.4, 0.5) is 16.5 Å². The first-order chi connectivity index (χ1) is 16.9. The Labute approximate surface area is 207 Å². The van der Waals surface area contributed by atoms with Crippen molar-refractivity contribution in [3.63, 3.8) is 0 Å². The third-order valence-electron chi connectivity index (χ3n) is 5.68. The number of fused-ring (bicyclic) bond motifs is 1. The van der Waals surface area contributed by atoms with E-state index in [0.29, 0.717) is 56.8 Å². The molecule has 0 unspecified atom stereocenters. The van der Waals surface area contributed by atoms with Gasteiger partial charge in [0.2, 0.25) is 0 Å². The quantitative estimate of drug-likeness (QED) is 0.325. The number of nitro groups is 1. The number of carbonyl (C=O) groups is 1. The molecule has 0 N–H and O–H groups in total. The average Bonchev–Trinajstić information content (AvgIpc) is 3.27. The van der Waals surface area contributed by atoms with Gasteiger partial charge in [-0.15, -0.1) is 0 Å². The van der Waals surface area contributed by atoms with Gasteiger partial charge in [-0.2, -0.15) is 0 Å². The van der Waals surface area contributed by atoms with Gasteiger partial charge < -0.3 is 19.3 Å². The third-order valence-corrected chi connectivity index (χ3v) is 6.72. The summed E-state index contributed by atoms with van der Waals surface area (Å²) in [5, 5.41) is 12.4. The van der Waals surface area contributed by atoms with Gasteiger partial charge in [0, 0.05) is 37.8 Å². The van der Waals surface area contributed by atoms with Crippen molar-refractivity contribution in [1.29, 1.82) is 0 Å². The highest BCUT2D eigenvalue weighted by atomic mass is 32.1. The maximum atomic E-state index is 13.7. The van der Waals surface area contributed by atoms with Crippen LogP contribution < -0.4 is 14.5 Å². The summed E-state index contributed by atoms with van der Waals surface area (Å²) < 4.78 is 11.9. The number of amides is 1. The fourth-order valence-electron chi connectivity index (χ4n) is 3.88. The molecule has 1 aliphatic rings. The zero-order valence-electron chi connectivity index (χ0n) is 20.1. The second-order valence-corrected chi connectivity index (χ2v) is 9.39. The summed E-state index contributed by atoms with van der Waals surface area (Å²) in [6.45, 7) is 5.65. The maximum Gasteiger partial charge on any atom is 0.293 e. The van der Waals surface area contributed by atoms with Gasteiger partial charge in [-0.25, -0.2) is 4.98 Å². The Balaban J connectivity index is 1.69. The van der Waals surface area contributed by atoms with Gasteiger partial charge >= 0.3 is 0 Å². The molecule has 0 aliphatic carbocycles. The van der Waals surface area contributed by atoms with E-state index in [1.54, 1.807) is 17.0 Å². The van der Waals surface area contributed by atoms with Crippen LogP contribution in [0.5, 0.6) is 5.75 Å². The molecule has 1 amide bonds. The largest absolute Gasteiger partial charge is 0.494 e. The zero-order valence-corrected chi connectivity index (χ0v) is 20.9. The highest BCUT2D eigenvalue weighted by Crippen LogP contribution is 2.34. The lowest BCUT2D eigenvalue weighted by molar-refractivity contribution is -0.384. The van der Waals surface area contributed by atoms with E-state index >= 15 is 0 Å². The predicted octanol–water partition coefficient (Wildman–Crippen LogP) is 3.65. The number of anilines is 2. The fraction of sp³-hybridized carbons (Fsp3) is 0.417. The number of carbonyl (C=O) groups excluding carboxylic acids is 1. The molecule has 4 rings (SSSR count). The lowest BCUT2D eigenvalue weighted by Gasteiger charge is -2.28. The molecule has 1 fully saturated rings. The molecule has 1 saturated heterocycles. The van der Waals surface area contributed by atoms with Gasteiger partial charge in [-0.3, -0.25) is 19.8 Å². The molecule has 0 atom stereocenters. The Morgan fingerprint density at radius 1 is 1.20 bits per heavy atom.